The third kappa shape index (κ3) is 4.05. The van der Waals surface area contributed by atoms with Crippen molar-refractivity contribution >= 4 is 17.5 Å². The lowest BCUT2D eigenvalue weighted by Crippen LogP contribution is -2.30. The quantitative estimate of drug-likeness (QED) is 0.842. The molecule has 1 saturated carbocycles. The molecule has 122 valence electrons. The number of carbonyl (C=O) groups is 1. The predicted molar refractivity (Wildman–Crippen MR) is 86.3 cm³/mol. The molecule has 6 heteroatoms. The highest BCUT2D eigenvalue weighted by atomic mass is 35.5. The Morgan fingerprint density at radius 1 is 1.45 bits per heavy atom. The summed E-state index contributed by atoms with van der Waals surface area (Å²) in [6.07, 6.45) is 2.54. The standard InChI is InChI=1S/C16H23ClN2O3/c1-3-22-15-13(17)6-10(7-14(15)21-2)9-19-16(20)11-4-5-12(18)8-11/h6-7,11-12H,3-5,8-9,18H2,1-2H3,(H,19,20). The van der Waals surface area contributed by atoms with Gasteiger partial charge in [0.1, 0.15) is 0 Å². The molecule has 22 heavy (non-hydrogen) atoms. The van der Waals surface area contributed by atoms with Crippen LogP contribution in [0.4, 0.5) is 0 Å². The summed E-state index contributed by atoms with van der Waals surface area (Å²) in [7, 11) is 1.57. The molecule has 1 fully saturated rings. The first-order valence-corrected chi connectivity index (χ1v) is 7.95. The van der Waals surface area contributed by atoms with Crippen molar-refractivity contribution in [3.63, 3.8) is 0 Å². The first kappa shape index (κ1) is 16.9. The molecule has 1 aromatic rings. The topological polar surface area (TPSA) is 73.6 Å². The van der Waals surface area contributed by atoms with Gasteiger partial charge in [-0.15, -0.1) is 0 Å². The molecule has 0 spiro atoms. The molecular formula is C16H23ClN2O3. The molecule has 0 radical (unpaired) electrons. The number of halogens is 1. The normalized spacial score (nSPS) is 20.7. The van der Waals surface area contributed by atoms with Crippen molar-refractivity contribution in [2.24, 2.45) is 11.7 Å². The van der Waals surface area contributed by atoms with Crippen LogP contribution in [0, 0.1) is 5.92 Å². The molecule has 2 unspecified atom stereocenters. The number of carbonyl (C=O) groups excluding carboxylic acids is 1. The lowest BCUT2D eigenvalue weighted by Gasteiger charge is -2.14. The van der Waals surface area contributed by atoms with Gasteiger partial charge in [0.05, 0.1) is 18.7 Å². The average Bonchev–Trinajstić information content (AvgIpc) is 2.93. The Morgan fingerprint density at radius 2 is 2.23 bits per heavy atom. The van der Waals surface area contributed by atoms with E-state index in [-0.39, 0.29) is 17.9 Å². The second-order valence-electron chi connectivity index (χ2n) is 5.53. The maximum atomic E-state index is 12.1. The summed E-state index contributed by atoms with van der Waals surface area (Å²) in [5.41, 5.74) is 6.72. The van der Waals surface area contributed by atoms with Crippen molar-refractivity contribution in [2.45, 2.75) is 38.8 Å². The van der Waals surface area contributed by atoms with Crippen LogP contribution in [0.3, 0.4) is 0 Å². The van der Waals surface area contributed by atoms with Gasteiger partial charge in [0.15, 0.2) is 11.5 Å². The maximum Gasteiger partial charge on any atom is 0.223 e. The third-order valence-electron chi connectivity index (χ3n) is 3.89. The Balaban J connectivity index is 2.00. The first-order valence-electron chi connectivity index (χ1n) is 7.57. The zero-order valence-corrected chi connectivity index (χ0v) is 13.8. The number of hydrogen-bond donors (Lipinski definition) is 2. The summed E-state index contributed by atoms with van der Waals surface area (Å²) in [6, 6.07) is 3.77. The minimum atomic E-state index is 0.0232. The molecule has 1 aliphatic rings. The van der Waals surface area contributed by atoms with Gasteiger partial charge in [0, 0.05) is 18.5 Å². The highest BCUT2D eigenvalue weighted by Gasteiger charge is 2.27. The van der Waals surface area contributed by atoms with Crippen LogP contribution in [0.1, 0.15) is 31.7 Å². The van der Waals surface area contributed by atoms with E-state index < -0.39 is 0 Å². The monoisotopic (exact) mass is 326 g/mol. The fraction of sp³-hybridized carbons (Fsp3) is 0.562. The lowest BCUT2D eigenvalue weighted by atomic mass is 10.1. The van der Waals surface area contributed by atoms with Gasteiger partial charge in [-0.1, -0.05) is 11.6 Å². The van der Waals surface area contributed by atoms with Crippen molar-refractivity contribution < 1.29 is 14.3 Å². The number of amides is 1. The van der Waals surface area contributed by atoms with Gasteiger partial charge in [0.2, 0.25) is 5.91 Å². The van der Waals surface area contributed by atoms with Crippen molar-refractivity contribution in [3.05, 3.63) is 22.7 Å². The molecule has 0 aromatic heterocycles. The Morgan fingerprint density at radius 3 is 2.82 bits per heavy atom. The van der Waals surface area contributed by atoms with E-state index in [2.05, 4.69) is 5.32 Å². The van der Waals surface area contributed by atoms with E-state index in [0.29, 0.717) is 29.7 Å². The van der Waals surface area contributed by atoms with Crippen LogP contribution in [-0.4, -0.2) is 25.7 Å². The van der Waals surface area contributed by atoms with E-state index in [1.54, 1.807) is 13.2 Å². The van der Waals surface area contributed by atoms with Crippen LogP contribution in [0.5, 0.6) is 11.5 Å². The zero-order chi connectivity index (χ0) is 16.1. The minimum Gasteiger partial charge on any atom is -0.493 e. The molecule has 2 atom stereocenters. The number of nitrogens with one attached hydrogen (secondary N) is 1. The number of benzene rings is 1. The molecule has 1 aliphatic carbocycles. The third-order valence-corrected chi connectivity index (χ3v) is 4.17. The van der Waals surface area contributed by atoms with Crippen molar-refractivity contribution in [2.75, 3.05) is 13.7 Å². The summed E-state index contributed by atoms with van der Waals surface area (Å²) in [5, 5.41) is 3.42. The van der Waals surface area contributed by atoms with Crippen LogP contribution in [0.25, 0.3) is 0 Å². The van der Waals surface area contributed by atoms with Gasteiger partial charge < -0.3 is 20.5 Å². The van der Waals surface area contributed by atoms with Gasteiger partial charge in [0.25, 0.3) is 0 Å². The average molecular weight is 327 g/mol. The number of nitrogens with two attached hydrogens (primary N) is 1. The van der Waals surface area contributed by atoms with Gasteiger partial charge in [-0.25, -0.2) is 0 Å². The van der Waals surface area contributed by atoms with E-state index in [1.807, 2.05) is 13.0 Å². The SMILES string of the molecule is CCOc1c(Cl)cc(CNC(=O)C2CCC(N)C2)cc1OC. The first-order chi connectivity index (χ1) is 10.5. The largest absolute Gasteiger partial charge is 0.493 e. The van der Waals surface area contributed by atoms with E-state index in [1.165, 1.54) is 0 Å². The van der Waals surface area contributed by atoms with Crippen molar-refractivity contribution in [1.29, 1.82) is 0 Å². The van der Waals surface area contributed by atoms with E-state index in [4.69, 9.17) is 26.8 Å². The summed E-state index contributed by atoms with van der Waals surface area (Å²) < 4.78 is 10.8. The highest BCUT2D eigenvalue weighted by molar-refractivity contribution is 6.32. The van der Waals surface area contributed by atoms with Crippen LogP contribution < -0.4 is 20.5 Å². The van der Waals surface area contributed by atoms with Crippen molar-refractivity contribution in [1.82, 2.24) is 5.32 Å². The Bertz CT molecular complexity index is 536. The fourth-order valence-electron chi connectivity index (χ4n) is 2.75. The Kier molecular flexibility index (Phi) is 5.91. The molecular weight excluding hydrogens is 304 g/mol. The van der Waals surface area contributed by atoms with Gasteiger partial charge in [-0.3, -0.25) is 4.79 Å². The van der Waals surface area contributed by atoms with Gasteiger partial charge in [-0.05, 0) is 43.9 Å². The number of ether oxygens (including phenoxy) is 2. The smallest absolute Gasteiger partial charge is 0.223 e. The van der Waals surface area contributed by atoms with E-state index in [9.17, 15) is 4.79 Å². The summed E-state index contributed by atoms with van der Waals surface area (Å²) in [6.45, 7) is 2.80. The molecule has 0 heterocycles. The lowest BCUT2D eigenvalue weighted by molar-refractivity contribution is -0.125. The molecule has 1 aromatic carbocycles. The Hall–Kier alpha value is -1.46. The molecule has 2 rings (SSSR count). The minimum absolute atomic E-state index is 0.0232. The molecule has 1 amide bonds. The maximum absolute atomic E-state index is 12.1. The summed E-state index contributed by atoms with van der Waals surface area (Å²) >= 11 is 6.22. The molecule has 5 nitrogen and oxygen atoms in total. The highest BCUT2D eigenvalue weighted by Crippen LogP contribution is 2.36. The molecule has 0 aliphatic heterocycles. The fourth-order valence-corrected chi connectivity index (χ4v) is 3.04. The second-order valence-corrected chi connectivity index (χ2v) is 5.94. The molecule has 3 N–H and O–H groups in total. The van der Waals surface area contributed by atoms with Crippen LogP contribution in [0.15, 0.2) is 12.1 Å². The summed E-state index contributed by atoms with van der Waals surface area (Å²) in [5.74, 6) is 1.18. The molecule has 0 bridgehead atoms. The van der Waals surface area contributed by atoms with Crippen molar-refractivity contribution in [3.8, 4) is 11.5 Å². The van der Waals surface area contributed by atoms with E-state index in [0.717, 1.165) is 24.8 Å². The van der Waals surface area contributed by atoms with Crippen LogP contribution in [-0.2, 0) is 11.3 Å². The van der Waals surface area contributed by atoms with Gasteiger partial charge in [-0.2, -0.15) is 0 Å². The van der Waals surface area contributed by atoms with E-state index >= 15 is 0 Å². The predicted octanol–water partition coefficient (Wildman–Crippen LogP) is 2.49. The van der Waals surface area contributed by atoms with Crippen LogP contribution in [0.2, 0.25) is 5.02 Å². The van der Waals surface area contributed by atoms with Crippen LogP contribution >= 0.6 is 11.6 Å². The summed E-state index contributed by atoms with van der Waals surface area (Å²) in [4.78, 5) is 12.1. The number of rotatable bonds is 6. The number of hydrogen-bond acceptors (Lipinski definition) is 4. The zero-order valence-electron chi connectivity index (χ0n) is 13.0. The van der Waals surface area contributed by atoms with Gasteiger partial charge >= 0.3 is 0 Å². The Labute approximate surface area is 136 Å². The molecule has 0 saturated heterocycles. The second kappa shape index (κ2) is 7.70. The number of methoxy groups -OCH3 is 1.